The van der Waals surface area contributed by atoms with Crippen molar-refractivity contribution in [3.8, 4) is 0 Å². The molecular formula is C15H12BrN3O4. The van der Waals surface area contributed by atoms with Crippen molar-refractivity contribution in [2.24, 2.45) is 0 Å². The van der Waals surface area contributed by atoms with E-state index in [0.717, 1.165) is 10.9 Å². The number of nitrogens with one attached hydrogen (secondary N) is 2. The Balaban J connectivity index is 1.64. The minimum Gasteiger partial charge on any atom is -0.451 e. The van der Waals surface area contributed by atoms with Gasteiger partial charge in [0.05, 0.1) is 4.47 Å². The fourth-order valence-electron chi connectivity index (χ4n) is 2.06. The van der Waals surface area contributed by atoms with Crippen molar-refractivity contribution in [3.05, 3.63) is 46.3 Å². The molecule has 118 valence electrons. The van der Waals surface area contributed by atoms with Crippen LogP contribution in [-0.2, 0) is 9.53 Å². The number of aryl methyl sites for hydroxylation is 1. The Labute approximate surface area is 139 Å². The number of fused-ring (bicyclic) bond motifs is 1. The van der Waals surface area contributed by atoms with Crippen molar-refractivity contribution >= 4 is 44.5 Å². The second-order valence-corrected chi connectivity index (χ2v) is 5.60. The van der Waals surface area contributed by atoms with Crippen molar-refractivity contribution in [2.45, 2.75) is 6.92 Å². The molecule has 8 heteroatoms. The number of rotatable bonds is 4. The lowest BCUT2D eigenvalue weighted by Gasteiger charge is -2.03. The smallest absolute Gasteiger partial charge is 0.356 e. The molecule has 0 fully saturated rings. The Morgan fingerprint density at radius 2 is 2.17 bits per heavy atom. The summed E-state index contributed by atoms with van der Waals surface area (Å²) in [6.07, 6.45) is 0. The van der Waals surface area contributed by atoms with Gasteiger partial charge in [0.15, 0.2) is 12.4 Å². The number of nitrogens with zero attached hydrogens (tertiary/aromatic N) is 1. The maximum Gasteiger partial charge on any atom is 0.356 e. The van der Waals surface area contributed by atoms with Gasteiger partial charge in [-0.3, -0.25) is 4.79 Å². The van der Waals surface area contributed by atoms with E-state index >= 15 is 0 Å². The SMILES string of the molecule is Cc1cc(NC(=O)COC(=O)c2[nH]c3ccccc3c2Br)no1. The number of esters is 1. The highest BCUT2D eigenvalue weighted by Crippen LogP contribution is 2.28. The van der Waals surface area contributed by atoms with Gasteiger partial charge in [-0.05, 0) is 28.9 Å². The van der Waals surface area contributed by atoms with E-state index in [4.69, 9.17) is 9.26 Å². The average molecular weight is 378 g/mol. The summed E-state index contributed by atoms with van der Waals surface area (Å²) >= 11 is 3.36. The van der Waals surface area contributed by atoms with Gasteiger partial charge in [-0.2, -0.15) is 0 Å². The number of hydrogen-bond acceptors (Lipinski definition) is 5. The monoisotopic (exact) mass is 377 g/mol. The highest BCUT2D eigenvalue weighted by molar-refractivity contribution is 9.10. The van der Waals surface area contributed by atoms with Gasteiger partial charge in [-0.1, -0.05) is 23.4 Å². The zero-order valence-electron chi connectivity index (χ0n) is 12.1. The van der Waals surface area contributed by atoms with Gasteiger partial charge in [0.1, 0.15) is 11.5 Å². The molecule has 0 saturated heterocycles. The highest BCUT2D eigenvalue weighted by atomic mass is 79.9. The lowest BCUT2D eigenvalue weighted by Crippen LogP contribution is -2.21. The summed E-state index contributed by atoms with van der Waals surface area (Å²) in [6.45, 7) is 1.28. The van der Waals surface area contributed by atoms with E-state index in [1.165, 1.54) is 0 Å². The van der Waals surface area contributed by atoms with Gasteiger partial charge in [-0.15, -0.1) is 0 Å². The Bertz CT molecular complexity index is 884. The van der Waals surface area contributed by atoms with E-state index in [1.807, 2.05) is 24.3 Å². The van der Waals surface area contributed by atoms with Crippen LogP contribution in [0.1, 0.15) is 16.2 Å². The molecule has 0 radical (unpaired) electrons. The Morgan fingerprint density at radius 3 is 2.87 bits per heavy atom. The first kappa shape index (κ1) is 15.3. The minimum absolute atomic E-state index is 0.260. The average Bonchev–Trinajstić information content (AvgIpc) is 3.09. The summed E-state index contributed by atoms with van der Waals surface area (Å²) in [7, 11) is 0. The molecule has 2 aromatic heterocycles. The topological polar surface area (TPSA) is 97.2 Å². The number of H-pyrrole nitrogens is 1. The molecule has 0 spiro atoms. The molecule has 1 aromatic carbocycles. The zero-order chi connectivity index (χ0) is 16.4. The third-order valence-corrected chi connectivity index (χ3v) is 3.90. The predicted molar refractivity (Wildman–Crippen MR) is 86.2 cm³/mol. The summed E-state index contributed by atoms with van der Waals surface area (Å²) < 4.78 is 10.4. The zero-order valence-corrected chi connectivity index (χ0v) is 13.6. The molecule has 0 saturated carbocycles. The summed E-state index contributed by atoms with van der Waals surface area (Å²) in [5, 5.41) is 6.95. The number of hydrogen-bond donors (Lipinski definition) is 2. The van der Waals surface area contributed by atoms with Gasteiger partial charge in [0.25, 0.3) is 5.91 Å². The van der Waals surface area contributed by atoms with Crippen molar-refractivity contribution in [1.82, 2.24) is 10.1 Å². The standard InChI is InChI=1S/C15H12BrN3O4/c1-8-6-11(19-23-8)18-12(20)7-22-15(21)14-13(16)9-4-2-3-5-10(9)17-14/h2-6,17H,7H2,1H3,(H,18,19,20). The van der Waals surface area contributed by atoms with Crippen molar-refractivity contribution in [2.75, 3.05) is 11.9 Å². The Morgan fingerprint density at radius 1 is 1.39 bits per heavy atom. The molecule has 0 aliphatic rings. The second kappa shape index (κ2) is 6.25. The van der Waals surface area contributed by atoms with Gasteiger partial charge < -0.3 is 19.6 Å². The summed E-state index contributed by atoms with van der Waals surface area (Å²) in [5.74, 6) is -0.284. The normalized spacial score (nSPS) is 10.7. The van der Waals surface area contributed by atoms with E-state index < -0.39 is 18.5 Å². The highest BCUT2D eigenvalue weighted by Gasteiger charge is 2.18. The van der Waals surface area contributed by atoms with Crippen molar-refractivity contribution in [3.63, 3.8) is 0 Å². The largest absolute Gasteiger partial charge is 0.451 e. The first-order chi connectivity index (χ1) is 11.0. The van der Waals surface area contributed by atoms with Crippen molar-refractivity contribution < 1.29 is 18.8 Å². The van der Waals surface area contributed by atoms with Crippen LogP contribution in [0.4, 0.5) is 5.82 Å². The number of aromatic amines is 1. The second-order valence-electron chi connectivity index (χ2n) is 4.81. The molecule has 2 heterocycles. The van der Waals surface area contributed by atoms with Crippen LogP contribution >= 0.6 is 15.9 Å². The molecule has 3 rings (SSSR count). The maximum absolute atomic E-state index is 12.1. The van der Waals surface area contributed by atoms with Crippen LogP contribution in [0.2, 0.25) is 0 Å². The van der Waals surface area contributed by atoms with Crippen LogP contribution in [0.3, 0.4) is 0 Å². The predicted octanol–water partition coefficient (Wildman–Crippen LogP) is 3.02. The van der Waals surface area contributed by atoms with Crippen LogP contribution in [0, 0.1) is 6.92 Å². The van der Waals surface area contributed by atoms with Gasteiger partial charge >= 0.3 is 5.97 Å². The minimum atomic E-state index is -0.625. The number of ether oxygens (including phenoxy) is 1. The molecule has 0 atom stereocenters. The van der Waals surface area contributed by atoms with Crippen LogP contribution in [0.15, 0.2) is 39.3 Å². The summed E-state index contributed by atoms with van der Waals surface area (Å²) in [4.78, 5) is 26.8. The maximum atomic E-state index is 12.1. The van der Waals surface area contributed by atoms with E-state index in [2.05, 4.69) is 31.4 Å². The molecule has 3 aromatic rings. The first-order valence-corrected chi connectivity index (χ1v) is 7.50. The van der Waals surface area contributed by atoms with Crippen molar-refractivity contribution in [1.29, 1.82) is 0 Å². The van der Waals surface area contributed by atoms with E-state index in [9.17, 15) is 9.59 Å². The van der Waals surface area contributed by atoms with Crippen LogP contribution < -0.4 is 5.32 Å². The molecule has 0 aliphatic heterocycles. The molecular weight excluding hydrogens is 366 g/mol. The number of halogens is 1. The number of carbonyl (C=O) groups is 2. The summed E-state index contributed by atoms with van der Waals surface area (Å²) in [6, 6.07) is 8.99. The van der Waals surface area contributed by atoms with E-state index in [-0.39, 0.29) is 11.5 Å². The number of aromatic nitrogens is 2. The van der Waals surface area contributed by atoms with Crippen LogP contribution in [-0.4, -0.2) is 28.6 Å². The fraction of sp³-hybridized carbons (Fsp3) is 0.133. The molecule has 2 N–H and O–H groups in total. The molecule has 7 nitrogen and oxygen atoms in total. The third-order valence-electron chi connectivity index (χ3n) is 3.08. The molecule has 1 amide bonds. The van der Waals surface area contributed by atoms with E-state index in [1.54, 1.807) is 13.0 Å². The Hall–Kier alpha value is -2.61. The number of para-hydroxylation sites is 1. The number of amides is 1. The number of anilines is 1. The van der Waals surface area contributed by atoms with Gasteiger partial charge in [-0.25, -0.2) is 4.79 Å². The van der Waals surface area contributed by atoms with Gasteiger partial charge in [0.2, 0.25) is 0 Å². The fourth-order valence-corrected chi connectivity index (χ4v) is 2.66. The van der Waals surface area contributed by atoms with Crippen LogP contribution in [0.25, 0.3) is 10.9 Å². The Kier molecular flexibility index (Phi) is 4.16. The third kappa shape index (κ3) is 3.26. The van der Waals surface area contributed by atoms with Crippen LogP contribution in [0.5, 0.6) is 0 Å². The molecule has 23 heavy (non-hydrogen) atoms. The lowest BCUT2D eigenvalue weighted by atomic mass is 10.2. The quantitative estimate of drug-likeness (QED) is 0.681. The molecule has 0 unspecified atom stereocenters. The number of benzene rings is 1. The molecule has 0 aliphatic carbocycles. The number of carbonyl (C=O) groups excluding carboxylic acids is 2. The summed E-state index contributed by atoms with van der Waals surface area (Å²) in [5.41, 5.74) is 1.06. The molecule has 0 bridgehead atoms. The lowest BCUT2D eigenvalue weighted by molar-refractivity contribution is -0.119. The van der Waals surface area contributed by atoms with E-state index in [0.29, 0.717) is 10.2 Å². The van der Waals surface area contributed by atoms with Gasteiger partial charge in [0, 0.05) is 17.0 Å². The first-order valence-electron chi connectivity index (χ1n) is 6.71.